The molecule has 7 heteroatoms. The summed E-state index contributed by atoms with van der Waals surface area (Å²) in [7, 11) is -3.69. The summed E-state index contributed by atoms with van der Waals surface area (Å²) < 4.78 is 27.6. The first-order chi connectivity index (χ1) is 9.31. The zero-order valence-electron chi connectivity index (χ0n) is 11.0. The summed E-state index contributed by atoms with van der Waals surface area (Å²) in [6.45, 7) is 2.06. The quantitative estimate of drug-likeness (QED) is 0.810. The zero-order valence-corrected chi connectivity index (χ0v) is 14.1. The molecular formula is C13H16Cl3NO2S. The van der Waals surface area contributed by atoms with Crippen LogP contribution in [0.25, 0.3) is 0 Å². The minimum absolute atomic E-state index is 0.0219. The van der Waals surface area contributed by atoms with E-state index in [2.05, 4.69) is 11.6 Å². The lowest BCUT2D eigenvalue weighted by Crippen LogP contribution is -2.41. The molecule has 1 aliphatic rings. The fourth-order valence-electron chi connectivity index (χ4n) is 2.46. The second kappa shape index (κ2) is 6.41. The number of nitrogens with one attached hydrogen (secondary N) is 1. The Balaban J connectivity index is 2.28. The lowest BCUT2D eigenvalue weighted by molar-refractivity contribution is 0.310. The van der Waals surface area contributed by atoms with Gasteiger partial charge in [0.15, 0.2) is 0 Å². The van der Waals surface area contributed by atoms with Crippen molar-refractivity contribution < 1.29 is 8.42 Å². The molecule has 0 heterocycles. The van der Waals surface area contributed by atoms with E-state index in [1.165, 1.54) is 12.1 Å². The Morgan fingerprint density at radius 2 is 1.65 bits per heavy atom. The van der Waals surface area contributed by atoms with Gasteiger partial charge in [-0.05, 0) is 30.9 Å². The summed E-state index contributed by atoms with van der Waals surface area (Å²) in [6.07, 6.45) is 4.06. The van der Waals surface area contributed by atoms with E-state index in [0.29, 0.717) is 5.92 Å². The van der Waals surface area contributed by atoms with Gasteiger partial charge in [-0.15, -0.1) is 0 Å². The molecule has 1 aliphatic carbocycles. The third-order valence-corrected chi connectivity index (χ3v) is 6.36. The maximum Gasteiger partial charge on any atom is 0.242 e. The third kappa shape index (κ3) is 3.60. The number of hydrogen-bond acceptors (Lipinski definition) is 2. The number of benzene rings is 1. The molecular weight excluding hydrogens is 341 g/mol. The summed E-state index contributed by atoms with van der Waals surface area (Å²) in [5.41, 5.74) is 0. The molecule has 0 spiro atoms. The Hall–Kier alpha value is -0.000000000000000111. The fraction of sp³-hybridized carbons (Fsp3) is 0.538. The number of rotatable bonds is 3. The van der Waals surface area contributed by atoms with Gasteiger partial charge in [0.1, 0.15) is 4.90 Å². The van der Waals surface area contributed by atoms with Crippen LogP contribution >= 0.6 is 34.8 Å². The van der Waals surface area contributed by atoms with E-state index in [9.17, 15) is 8.42 Å². The van der Waals surface area contributed by atoms with Gasteiger partial charge in [0.05, 0.1) is 15.1 Å². The maximum atomic E-state index is 12.4. The highest BCUT2D eigenvalue weighted by Crippen LogP contribution is 2.32. The molecule has 1 fully saturated rings. The second-order valence-electron chi connectivity index (χ2n) is 5.19. The van der Waals surface area contributed by atoms with Gasteiger partial charge in [0, 0.05) is 6.04 Å². The second-order valence-corrected chi connectivity index (χ2v) is 8.09. The maximum absolute atomic E-state index is 12.4. The van der Waals surface area contributed by atoms with Gasteiger partial charge in [-0.3, -0.25) is 0 Å². The van der Waals surface area contributed by atoms with Crippen molar-refractivity contribution in [1.29, 1.82) is 0 Å². The van der Waals surface area contributed by atoms with Crippen molar-refractivity contribution in [1.82, 2.24) is 4.72 Å². The predicted octanol–water partition coefficient (Wildman–Crippen LogP) is 4.50. The monoisotopic (exact) mass is 355 g/mol. The van der Waals surface area contributed by atoms with Gasteiger partial charge < -0.3 is 0 Å². The molecule has 0 bridgehead atoms. The molecule has 0 unspecified atom stereocenters. The molecule has 0 aromatic heterocycles. The van der Waals surface area contributed by atoms with Crippen LogP contribution in [0.2, 0.25) is 15.1 Å². The lowest BCUT2D eigenvalue weighted by Gasteiger charge is -2.29. The summed E-state index contributed by atoms with van der Waals surface area (Å²) >= 11 is 17.7. The highest BCUT2D eigenvalue weighted by atomic mass is 35.5. The van der Waals surface area contributed by atoms with Crippen LogP contribution in [0.5, 0.6) is 0 Å². The molecule has 0 amide bonds. The highest BCUT2D eigenvalue weighted by molar-refractivity contribution is 7.89. The minimum atomic E-state index is -3.69. The molecule has 0 saturated heterocycles. The highest BCUT2D eigenvalue weighted by Gasteiger charge is 2.28. The van der Waals surface area contributed by atoms with Gasteiger partial charge in [0.2, 0.25) is 10.0 Å². The van der Waals surface area contributed by atoms with E-state index in [-0.39, 0.29) is 26.0 Å². The molecule has 112 valence electrons. The van der Waals surface area contributed by atoms with Crippen LogP contribution in [0.3, 0.4) is 0 Å². The van der Waals surface area contributed by atoms with Gasteiger partial charge in [-0.25, -0.2) is 13.1 Å². The minimum Gasteiger partial charge on any atom is -0.208 e. The van der Waals surface area contributed by atoms with Gasteiger partial charge in [-0.2, -0.15) is 0 Å². The Kier molecular flexibility index (Phi) is 5.24. The largest absolute Gasteiger partial charge is 0.242 e. The van der Waals surface area contributed by atoms with E-state index >= 15 is 0 Å². The van der Waals surface area contributed by atoms with E-state index in [1.807, 2.05) is 0 Å². The van der Waals surface area contributed by atoms with E-state index in [4.69, 9.17) is 34.8 Å². The molecule has 2 atom stereocenters. The van der Waals surface area contributed by atoms with Crippen LogP contribution in [-0.4, -0.2) is 14.5 Å². The molecule has 0 aliphatic heterocycles. The van der Waals surface area contributed by atoms with Crippen molar-refractivity contribution in [3.8, 4) is 0 Å². The van der Waals surface area contributed by atoms with Crippen LogP contribution in [0, 0.1) is 5.92 Å². The molecule has 3 nitrogen and oxygen atoms in total. The normalized spacial score (nSPS) is 23.8. The fourth-order valence-corrected chi connectivity index (χ4v) is 4.84. The summed E-state index contributed by atoms with van der Waals surface area (Å²) in [4.78, 5) is -0.0219. The van der Waals surface area contributed by atoms with Crippen LogP contribution in [0.4, 0.5) is 0 Å². The smallest absolute Gasteiger partial charge is 0.208 e. The van der Waals surface area contributed by atoms with Crippen LogP contribution in [0.15, 0.2) is 17.0 Å². The molecule has 1 N–H and O–H groups in total. The van der Waals surface area contributed by atoms with Crippen molar-refractivity contribution in [3.63, 3.8) is 0 Å². The Bertz CT molecular complexity index is 604. The average Bonchev–Trinajstić information content (AvgIpc) is 2.36. The number of hydrogen-bond donors (Lipinski definition) is 1. The van der Waals surface area contributed by atoms with Crippen LogP contribution < -0.4 is 4.72 Å². The van der Waals surface area contributed by atoms with Crippen molar-refractivity contribution in [3.05, 3.63) is 27.2 Å². The molecule has 20 heavy (non-hydrogen) atoms. The van der Waals surface area contributed by atoms with Gasteiger partial charge in [-0.1, -0.05) is 54.6 Å². The topological polar surface area (TPSA) is 46.2 Å². The van der Waals surface area contributed by atoms with Crippen molar-refractivity contribution in [2.24, 2.45) is 5.92 Å². The van der Waals surface area contributed by atoms with Crippen molar-refractivity contribution in [2.75, 3.05) is 0 Å². The molecule has 0 radical (unpaired) electrons. The number of halogens is 3. The van der Waals surface area contributed by atoms with Gasteiger partial charge in [0.25, 0.3) is 0 Å². The summed E-state index contributed by atoms with van der Waals surface area (Å²) in [5, 5.41) is 0.491. The van der Waals surface area contributed by atoms with Crippen molar-refractivity contribution >= 4 is 44.8 Å². The molecule has 1 saturated carbocycles. The van der Waals surface area contributed by atoms with E-state index in [1.54, 1.807) is 0 Å². The molecule has 2 rings (SSSR count). The Morgan fingerprint density at radius 1 is 1.05 bits per heavy atom. The Labute approximate surface area is 134 Å². The van der Waals surface area contributed by atoms with Crippen LogP contribution in [0.1, 0.15) is 32.6 Å². The summed E-state index contributed by atoms with van der Waals surface area (Å²) in [5.74, 6) is 0.320. The van der Waals surface area contributed by atoms with Crippen molar-refractivity contribution in [2.45, 2.75) is 43.5 Å². The standard InChI is InChI=1S/C13H16Cl3NO2S/c1-8-4-2-3-5-12(8)17-20(18,19)13-7-10(15)9(14)6-11(13)16/h6-8,12,17H,2-5H2,1H3/t8-,12-/m0/s1. The first-order valence-corrected chi connectivity index (χ1v) is 9.10. The van der Waals surface area contributed by atoms with Crippen LogP contribution in [-0.2, 0) is 10.0 Å². The predicted molar refractivity (Wildman–Crippen MR) is 83.2 cm³/mol. The summed E-state index contributed by atoms with van der Waals surface area (Å²) in [6, 6.07) is 2.59. The molecule has 1 aromatic rings. The first kappa shape index (κ1) is 16.4. The van der Waals surface area contributed by atoms with E-state index in [0.717, 1.165) is 25.7 Å². The van der Waals surface area contributed by atoms with Gasteiger partial charge >= 0.3 is 0 Å². The molecule has 1 aromatic carbocycles. The average molecular weight is 357 g/mol. The third-order valence-electron chi connectivity index (χ3n) is 3.68. The zero-order chi connectivity index (χ0) is 14.9. The van der Waals surface area contributed by atoms with E-state index < -0.39 is 10.0 Å². The SMILES string of the molecule is C[C@H]1CCCC[C@@H]1NS(=O)(=O)c1cc(Cl)c(Cl)cc1Cl. The Morgan fingerprint density at radius 3 is 2.30 bits per heavy atom. The number of sulfonamides is 1. The lowest BCUT2D eigenvalue weighted by atomic mass is 9.87. The first-order valence-electron chi connectivity index (χ1n) is 6.48.